The first-order chi connectivity index (χ1) is 23.3. The van der Waals surface area contributed by atoms with Crippen LogP contribution in [0.3, 0.4) is 0 Å². The van der Waals surface area contributed by atoms with Gasteiger partial charge >= 0.3 is 0 Å². The molecular weight excluding hydrogens is 567 g/mol. The van der Waals surface area contributed by atoms with Crippen molar-refractivity contribution in [3.8, 4) is 33.4 Å². The second kappa shape index (κ2) is 11.5. The third-order valence-corrected chi connectivity index (χ3v) is 9.71. The zero-order chi connectivity index (χ0) is 31.2. The minimum Gasteiger partial charge on any atom is -0.310 e. The molecule has 0 aromatic heterocycles. The van der Waals surface area contributed by atoms with Crippen LogP contribution in [0.1, 0.15) is 11.1 Å². The summed E-state index contributed by atoms with van der Waals surface area (Å²) in [4.78, 5) is 2.43. The Morgan fingerprint density at radius 3 is 1.45 bits per heavy atom. The Bertz CT molecular complexity index is 2360. The molecule has 8 aromatic carbocycles. The molecular formula is C46H33N. The number of hydrogen-bond donors (Lipinski definition) is 0. The Morgan fingerprint density at radius 1 is 0.319 bits per heavy atom. The van der Waals surface area contributed by atoms with Crippen molar-refractivity contribution in [3.05, 3.63) is 187 Å². The summed E-state index contributed by atoms with van der Waals surface area (Å²) in [6.45, 7) is 0. The van der Waals surface area contributed by atoms with Crippen molar-refractivity contribution in [3.63, 3.8) is 0 Å². The Kier molecular flexibility index (Phi) is 6.68. The molecule has 0 fully saturated rings. The van der Waals surface area contributed by atoms with E-state index in [-0.39, 0.29) is 0 Å². The van der Waals surface area contributed by atoms with Crippen molar-refractivity contribution < 1.29 is 0 Å². The van der Waals surface area contributed by atoms with Gasteiger partial charge in [0.15, 0.2) is 0 Å². The van der Waals surface area contributed by atoms with Crippen LogP contribution in [0, 0.1) is 0 Å². The van der Waals surface area contributed by atoms with Crippen LogP contribution in [0.5, 0.6) is 0 Å². The van der Waals surface area contributed by atoms with Crippen LogP contribution in [-0.2, 0) is 12.8 Å². The zero-order valence-corrected chi connectivity index (χ0v) is 26.1. The van der Waals surface area contributed by atoms with Gasteiger partial charge in [-0.15, -0.1) is 0 Å². The van der Waals surface area contributed by atoms with Crippen molar-refractivity contribution >= 4 is 38.6 Å². The topological polar surface area (TPSA) is 3.24 Å². The van der Waals surface area contributed by atoms with Crippen molar-refractivity contribution in [1.29, 1.82) is 0 Å². The van der Waals surface area contributed by atoms with Crippen molar-refractivity contribution in [2.24, 2.45) is 0 Å². The summed E-state index contributed by atoms with van der Waals surface area (Å²) in [5.41, 5.74) is 14.0. The predicted octanol–water partition coefficient (Wildman–Crippen LogP) is 12.6. The van der Waals surface area contributed by atoms with Crippen molar-refractivity contribution in [1.82, 2.24) is 0 Å². The van der Waals surface area contributed by atoms with E-state index in [1.54, 1.807) is 0 Å². The standard InChI is InChI=1S/C46H33N/c1-2-10-33(11-3-1)43-14-6-7-15-44(43)39-23-22-38-29-40-28-36(20-21-37(40)30-41(38)31-39)32-24-26-42(27-25-32)47-45-16-8-4-12-34(45)18-19-35-13-5-9-17-46(35)47/h1-17,20-31H,18-19H2. The molecule has 1 heteroatoms. The van der Waals surface area contributed by atoms with Crippen LogP contribution >= 0.6 is 0 Å². The Labute approximate surface area is 276 Å². The Morgan fingerprint density at radius 2 is 0.809 bits per heavy atom. The maximum absolute atomic E-state index is 2.43. The highest BCUT2D eigenvalue weighted by Crippen LogP contribution is 2.42. The third-order valence-electron chi connectivity index (χ3n) is 9.71. The largest absolute Gasteiger partial charge is 0.310 e. The Hall–Kier alpha value is -5.92. The summed E-state index contributed by atoms with van der Waals surface area (Å²) >= 11 is 0. The molecule has 1 aliphatic heterocycles. The van der Waals surface area contributed by atoms with Gasteiger partial charge in [0.1, 0.15) is 0 Å². The van der Waals surface area contributed by atoms with E-state index in [0.717, 1.165) is 12.8 Å². The van der Waals surface area contributed by atoms with Crippen molar-refractivity contribution in [2.75, 3.05) is 4.90 Å². The number of aryl methyl sites for hydroxylation is 2. The number of para-hydroxylation sites is 2. The van der Waals surface area contributed by atoms with Crippen LogP contribution in [-0.4, -0.2) is 0 Å². The molecule has 8 aromatic rings. The average Bonchev–Trinajstić information content (AvgIpc) is 3.31. The van der Waals surface area contributed by atoms with Crippen LogP contribution in [0.25, 0.3) is 54.9 Å². The molecule has 0 saturated heterocycles. The van der Waals surface area contributed by atoms with E-state index >= 15 is 0 Å². The first-order valence-corrected chi connectivity index (χ1v) is 16.5. The molecule has 0 bridgehead atoms. The molecule has 9 rings (SSSR count). The van der Waals surface area contributed by atoms with E-state index < -0.39 is 0 Å². The van der Waals surface area contributed by atoms with Gasteiger partial charge in [0.25, 0.3) is 0 Å². The smallest absolute Gasteiger partial charge is 0.0493 e. The van der Waals surface area contributed by atoms with Gasteiger partial charge in [-0.25, -0.2) is 0 Å². The number of fused-ring (bicyclic) bond motifs is 4. The lowest BCUT2D eigenvalue weighted by Gasteiger charge is -2.27. The lowest BCUT2D eigenvalue weighted by Crippen LogP contribution is -2.11. The highest BCUT2D eigenvalue weighted by Gasteiger charge is 2.21. The minimum absolute atomic E-state index is 1.05. The number of rotatable bonds is 4. The molecule has 1 aliphatic rings. The fraction of sp³-hybridized carbons (Fsp3) is 0.0435. The number of nitrogens with zero attached hydrogens (tertiary/aromatic N) is 1. The Balaban J connectivity index is 1.06. The van der Waals surface area contributed by atoms with E-state index in [1.807, 2.05) is 0 Å². The molecule has 1 heterocycles. The minimum atomic E-state index is 1.05. The van der Waals surface area contributed by atoms with Gasteiger partial charge < -0.3 is 4.90 Å². The maximum Gasteiger partial charge on any atom is 0.0493 e. The first kappa shape index (κ1) is 27.4. The van der Waals surface area contributed by atoms with Crippen LogP contribution < -0.4 is 4.90 Å². The SMILES string of the molecule is c1ccc(-c2ccccc2-c2ccc3cc4cc(-c5ccc(N6c7ccccc7CCc7ccccc76)cc5)ccc4cc3c2)cc1. The van der Waals surface area contributed by atoms with Crippen LogP contribution in [0.15, 0.2) is 176 Å². The summed E-state index contributed by atoms with van der Waals surface area (Å²) < 4.78 is 0. The van der Waals surface area contributed by atoms with Gasteiger partial charge in [0.2, 0.25) is 0 Å². The van der Waals surface area contributed by atoms with Gasteiger partial charge in [-0.2, -0.15) is 0 Å². The quantitative estimate of drug-likeness (QED) is 0.182. The lowest BCUT2D eigenvalue weighted by molar-refractivity contribution is 0.977. The highest BCUT2D eigenvalue weighted by molar-refractivity contribution is 6.02. The second-order valence-corrected chi connectivity index (χ2v) is 12.5. The predicted molar refractivity (Wildman–Crippen MR) is 200 cm³/mol. The average molecular weight is 600 g/mol. The summed E-state index contributed by atoms with van der Waals surface area (Å²) in [6.07, 6.45) is 2.10. The number of hydrogen-bond acceptors (Lipinski definition) is 1. The molecule has 1 nitrogen and oxygen atoms in total. The molecule has 0 saturated carbocycles. The molecule has 222 valence electrons. The van der Waals surface area contributed by atoms with E-state index in [2.05, 4.69) is 181 Å². The summed E-state index contributed by atoms with van der Waals surface area (Å²) in [6, 6.07) is 64.5. The lowest BCUT2D eigenvalue weighted by atomic mass is 9.92. The zero-order valence-electron chi connectivity index (χ0n) is 26.1. The van der Waals surface area contributed by atoms with Gasteiger partial charge in [-0.3, -0.25) is 0 Å². The highest BCUT2D eigenvalue weighted by atomic mass is 15.1. The van der Waals surface area contributed by atoms with E-state index in [9.17, 15) is 0 Å². The van der Waals surface area contributed by atoms with Gasteiger partial charge in [-0.1, -0.05) is 127 Å². The molecule has 0 spiro atoms. The van der Waals surface area contributed by atoms with Crippen LogP contribution in [0.2, 0.25) is 0 Å². The summed E-state index contributed by atoms with van der Waals surface area (Å²) in [5, 5.41) is 5.02. The fourth-order valence-electron chi connectivity index (χ4n) is 7.31. The van der Waals surface area contributed by atoms with E-state index in [0.29, 0.717) is 0 Å². The monoisotopic (exact) mass is 599 g/mol. The normalized spacial score (nSPS) is 12.5. The number of anilines is 3. The van der Waals surface area contributed by atoms with Crippen LogP contribution in [0.4, 0.5) is 17.1 Å². The molecule has 0 atom stereocenters. The third kappa shape index (κ3) is 4.98. The van der Waals surface area contributed by atoms with E-state index in [4.69, 9.17) is 0 Å². The molecule has 0 unspecified atom stereocenters. The molecule has 47 heavy (non-hydrogen) atoms. The first-order valence-electron chi connectivity index (χ1n) is 16.5. The van der Waals surface area contributed by atoms with Crippen molar-refractivity contribution in [2.45, 2.75) is 12.8 Å². The van der Waals surface area contributed by atoms with E-state index in [1.165, 1.54) is 83.1 Å². The fourth-order valence-corrected chi connectivity index (χ4v) is 7.31. The summed E-state index contributed by atoms with van der Waals surface area (Å²) in [5.74, 6) is 0. The van der Waals surface area contributed by atoms with Gasteiger partial charge in [0.05, 0.1) is 0 Å². The molecule has 0 N–H and O–H groups in total. The molecule has 0 amide bonds. The molecule has 0 radical (unpaired) electrons. The number of benzene rings is 8. The van der Waals surface area contributed by atoms with Gasteiger partial charge in [-0.05, 0) is 127 Å². The second-order valence-electron chi connectivity index (χ2n) is 12.5. The molecule has 0 aliphatic carbocycles. The summed E-state index contributed by atoms with van der Waals surface area (Å²) in [7, 11) is 0. The van der Waals surface area contributed by atoms with Gasteiger partial charge in [0, 0.05) is 17.1 Å². The maximum atomic E-state index is 2.43.